The molecule has 0 radical (unpaired) electrons. The maximum absolute atomic E-state index is 11.5. The van der Waals surface area contributed by atoms with Crippen LogP contribution in [0.1, 0.15) is 22.3 Å². The molecule has 0 bridgehead atoms. The molecule has 50 heavy (non-hydrogen) atoms. The molecule has 6 rings (SSSR count). The van der Waals surface area contributed by atoms with Crippen molar-refractivity contribution in [2.24, 2.45) is 0 Å². The number of urea groups is 2. The summed E-state index contributed by atoms with van der Waals surface area (Å²) in [6.07, 6.45) is 9.92. The highest BCUT2D eigenvalue weighted by Crippen LogP contribution is 2.37. The third-order valence-electron chi connectivity index (χ3n) is 7.94. The summed E-state index contributed by atoms with van der Waals surface area (Å²) < 4.78 is 0. The molecule has 0 saturated carbocycles. The molecule has 14 heteroatoms. The zero-order valence-electron chi connectivity index (χ0n) is 27.6. The zero-order chi connectivity index (χ0) is 35.9. The van der Waals surface area contributed by atoms with Crippen LogP contribution in [0.4, 0.5) is 32.6 Å². The van der Waals surface area contributed by atoms with E-state index in [1.807, 2.05) is 32.0 Å². The molecular formula is C36H32N12O2. The van der Waals surface area contributed by atoms with Crippen molar-refractivity contribution in [1.29, 1.82) is 10.5 Å². The minimum absolute atomic E-state index is 0.336. The van der Waals surface area contributed by atoms with E-state index in [2.05, 4.69) is 53.3 Å². The Hall–Kier alpha value is -7.32. The maximum Gasteiger partial charge on any atom is 0.320 e. The number of anilines is 4. The Morgan fingerprint density at radius 3 is 1.70 bits per heavy atom. The molecule has 0 unspecified atom stereocenters. The fourth-order valence-corrected chi connectivity index (χ4v) is 5.32. The highest BCUT2D eigenvalue weighted by Gasteiger charge is 2.17. The number of rotatable bonds is 4. The minimum Gasteiger partial charge on any atom is -0.398 e. The van der Waals surface area contributed by atoms with E-state index in [-0.39, 0.29) is 6.03 Å². The summed E-state index contributed by atoms with van der Waals surface area (Å²) in [6, 6.07) is 14.4. The number of aryl methyl sites for hydroxylation is 2. The molecule has 2 aromatic carbocycles. The number of nitrogens with one attached hydrogen (secondary N) is 4. The van der Waals surface area contributed by atoms with Gasteiger partial charge in [-0.2, -0.15) is 10.5 Å². The lowest BCUT2D eigenvalue weighted by atomic mass is 9.93. The van der Waals surface area contributed by atoms with Crippen LogP contribution in [-0.4, -0.2) is 46.1 Å². The van der Waals surface area contributed by atoms with E-state index >= 15 is 0 Å². The third kappa shape index (κ3) is 6.85. The number of nitriles is 2. The van der Waals surface area contributed by atoms with E-state index < -0.39 is 6.03 Å². The standard InChI is InChI=1S/2C18H16N6O/c1-10-3-4-22-8-14(10)11-5-16(20)15-9-23-17(24-18(25)21-2)6-12(15)13(11)7-19;1-10-3-4-22-8-14(10)12-5-11-6-16(24-18(25)21-2)23-9-15(11)17(20)13(12)7-19/h2*3-6,8-9H,20H2,1-2H3,(H2,21,23,24,25). The second-order valence-corrected chi connectivity index (χ2v) is 11.0. The Bertz CT molecular complexity index is 2330. The SMILES string of the molecule is CNC(=O)Nc1cc2c(C#N)c(-c3cnccc3C)cc(N)c2cn1.CNC(=O)Nc1cc2cc(-c3cnccc3C)c(C#N)c(N)c2cn1. The summed E-state index contributed by atoms with van der Waals surface area (Å²) in [6.45, 7) is 3.90. The van der Waals surface area contributed by atoms with Crippen molar-refractivity contribution in [3.05, 3.63) is 95.8 Å². The molecule has 0 fully saturated rings. The number of benzene rings is 2. The van der Waals surface area contributed by atoms with Gasteiger partial charge in [-0.25, -0.2) is 19.6 Å². The van der Waals surface area contributed by atoms with Gasteiger partial charge in [-0.15, -0.1) is 0 Å². The fraction of sp³-hybridized carbons (Fsp3) is 0.111. The molecule has 0 aliphatic heterocycles. The highest BCUT2D eigenvalue weighted by molar-refractivity contribution is 6.04. The van der Waals surface area contributed by atoms with E-state index in [0.717, 1.165) is 27.6 Å². The number of carbonyl (C=O) groups excluding carboxylic acids is 2. The number of carbonyl (C=O) groups is 2. The smallest absolute Gasteiger partial charge is 0.320 e. The topological polar surface area (TPSA) is 233 Å². The van der Waals surface area contributed by atoms with Crippen molar-refractivity contribution < 1.29 is 9.59 Å². The van der Waals surface area contributed by atoms with Gasteiger partial charge in [-0.05, 0) is 66.8 Å². The first kappa shape index (κ1) is 34.0. The summed E-state index contributed by atoms with van der Waals surface area (Å²) in [5.74, 6) is 0.729. The number of nitrogens with zero attached hydrogens (tertiary/aromatic N) is 6. The van der Waals surface area contributed by atoms with Gasteiger partial charge in [0.15, 0.2) is 0 Å². The number of nitrogen functional groups attached to an aromatic ring is 2. The normalized spacial score (nSPS) is 10.3. The summed E-state index contributed by atoms with van der Waals surface area (Å²) in [5.41, 5.74) is 19.2. The van der Waals surface area contributed by atoms with E-state index in [1.165, 1.54) is 14.1 Å². The molecular weight excluding hydrogens is 632 g/mol. The van der Waals surface area contributed by atoms with E-state index in [4.69, 9.17) is 11.5 Å². The van der Waals surface area contributed by atoms with Crippen molar-refractivity contribution in [2.75, 3.05) is 36.2 Å². The number of hydrogen-bond acceptors (Lipinski definition) is 10. The largest absolute Gasteiger partial charge is 0.398 e. The molecule has 4 amide bonds. The van der Waals surface area contributed by atoms with Crippen molar-refractivity contribution >= 4 is 56.6 Å². The molecule has 0 aliphatic rings. The fourth-order valence-electron chi connectivity index (χ4n) is 5.32. The van der Waals surface area contributed by atoms with Crippen LogP contribution in [0.15, 0.2) is 73.6 Å². The first-order valence-corrected chi connectivity index (χ1v) is 15.1. The molecule has 4 aromatic heterocycles. The third-order valence-corrected chi connectivity index (χ3v) is 7.94. The van der Waals surface area contributed by atoms with Crippen LogP contribution in [-0.2, 0) is 0 Å². The van der Waals surface area contributed by atoms with E-state index in [9.17, 15) is 20.1 Å². The quantitative estimate of drug-likeness (QED) is 0.127. The molecule has 4 heterocycles. The van der Waals surface area contributed by atoms with Crippen LogP contribution >= 0.6 is 0 Å². The van der Waals surface area contributed by atoms with E-state index in [0.29, 0.717) is 61.4 Å². The Kier molecular flexibility index (Phi) is 9.95. The summed E-state index contributed by atoms with van der Waals surface area (Å²) in [4.78, 5) is 39.6. The first-order chi connectivity index (χ1) is 24.1. The summed E-state index contributed by atoms with van der Waals surface area (Å²) >= 11 is 0. The van der Waals surface area contributed by atoms with Crippen LogP contribution in [0.5, 0.6) is 0 Å². The van der Waals surface area contributed by atoms with Gasteiger partial charge in [0.05, 0.1) is 16.8 Å². The van der Waals surface area contributed by atoms with Gasteiger partial charge in [0.2, 0.25) is 0 Å². The molecule has 0 spiro atoms. The second-order valence-electron chi connectivity index (χ2n) is 11.0. The number of pyridine rings is 4. The van der Waals surface area contributed by atoms with Crippen molar-refractivity contribution in [1.82, 2.24) is 30.6 Å². The Labute approximate surface area is 287 Å². The van der Waals surface area contributed by atoms with Gasteiger partial charge in [-0.3, -0.25) is 20.6 Å². The van der Waals surface area contributed by atoms with Gasteiger partial charge < -0.3 is 22.1 Å². The molecule has 248 valence electrons. The van der Waals surface area contributed by atoms with Crippen molar-refractivity contribution in [2.45, 2.75) is 13.8 Å². The monoisotopic (exact) mass is 664 g/mol. The summed E-state index contributed by atoms with van der Waals surface area (Å²) in [5, 5.41) is 32.2. The van der Waals surface area contributed by atoms with Crippen LogP contribution in [0.25, 0.3) is 43.8 Å². The lowest BCUT2D eigenvalue weighted by molar-refractivity contribution is 0.253. The maximum atomic E-state index is 11.5. The predicted molar refractivity (Wildman–Crippen MR) is 194 cm³/mol. The summed E-state index contributed by atoms with van der Waals surface area (Å²) in [7, 11) is 3.04. The lowest BCUT2D eigenvalue weighted by Gasteiger charge is -2.13. The molecule has 0 atom stereocenters. The predicted octanol–water partition coefficient (Wildman–Crippen LogP) is 5.62. The Morgan fingerprint density at radius 2 is 1.18 bits per heavy atom. The highest BCUT2D eigenvalue weighted by atomic mass is 16.2. The Balaban J connectivity index is 0.000000194. The van der Waals surface area contributed by atoms with Gasteiger partial charge in [0.1, 0.15) is 23.8 Å². The number of amides is 4. The van der Waals surface area contributed by atoms with Crippen LogP contribution in [0, 0.1) is 36.5 Å². The van der Waals surface area contributed by atoms with E-state index in [1.54, 1.807) is 55.4 Å². The zero-order valence-corrected chi connectivity index (χ0v) is 27.6. The van der Waals surface area contributed by atoms with Crippen molar-refractivity contribution in [3.63, 3.8) is 0 Å². The van der Waals surface area contributed by atoms with Crippen LogP contribution in [0.3, 0.4) is 0 Å². The van der Waals surface area contributed by atoms with Crippen LogP contribution < -0.4 is 32.7 Å². The number of nitrogens with two attached hydrogens (primary N) is 2. The molecule has 8 N–H and O–H groups in total. The minimum atomic E-state index is -0.391. The lowest BCUT2D eigenvalue weighted by Crippen LogP contribution is -2.24. The van der Waals surface area contributed by atoms with Gasteiger partial charge >= 0.3 is 12.1 Å². The van der Waals surface area contributed by atoms with Crippen LogP contribution in [0.2, 0.25) is 0 Å². The van der Waals surface area contributed by atoms with Gasteiger partial charge in [0, 0.05) is 95.4 Å². The van der Waals surface area contributed by atoms with Gasteiger partial charge in [0.25, 0.3) is 0 Å². The van der Waals surface area contributed by atoms with Gasteiger partial charge in [-0.1, -0.05) is 0 Å². The van der Waals surface area contributed by atoms with Crippen molar-refractivity contribution in [3.8, 4) is 34.4 Å². The molecule has 0 aliphatic carbocycles. The number of aromatic nitrogens is 4. The second kappa shape index (κ2) is 14.6. The Morgan fingerprint density at radius 1 is 0.660 bits per heavy atom. The molecule has 6 aromatic rings. The number of fused-ring (bicyclic) bond motifs is 2. The molecule has 0 saturated heterocycles. The number of hydrogen-bond donors (Lipinski definition) is 6. The average Bonchev–Trinajstić information content (AvgIpc) is 3.12. The first-order valence-electron chi connectivity index (χ1n) is 15.1. The average molecular weight is 665 g/mol. The molecule has 14 nitrogen and oxygen atoms in total.